The Kier molecular flexibility index (Phi) is 5.96. The highest BCUT2D eigenvalue weighted by atomic mass is 79.9. The van der Waals surface area contributed by atoms with Crippen LogP contribution < -0.4 is 0 Å². The van der Waals surface area contributed by atoms with Gasteiger partial charge in [0.1, 0.15) is 4.90 Å². The van der Waals surface area contributed by atoms with Gasteiger partial charge < -0.3 is 4.74 Å². The van der Waals surface area contributed by atoms with Crippen LogP contribution in [0, 0.1) is 0 Å². The van der Waals surface area contributed by atoms with Gasteiger partial charge in [0, 0.05) is 24.2 Å². The third-order valence-electron chi connectivity index (χ3n) is 3.30. The third kappa shape index (κ3) is 3.92. The summed E-state index contributed by atoms with van der Waals surface area (Å²) in [6, 6.07) is 3.06. The lowest BCUT2D eigenvalue weighted by atomic mass is 10.1. The summed E-state index contributed by atoms with van der Waals surface area (Å²) in [7, 11) is -3.72. The minimum absolute atomic E-state index is 0.0359. The molecular formula is C13H16BrCl2NO3S. The molecule has 0 amide bonds. The van der Waals surface area contributed by atoms with Gasteiger partial charge in [-0.15, -0.1) is 0 Å². The van der Waals surface area contributed by atoms with Crippen LogP contribution in [0.25, 0.3) is 0 Å². The molecule has 2 rings (SSSR count). The number of sulfonamides is 1. The molecule has 0 N–H and O–H groups in total. The topological polar surface area (TPSA) is 46.6 Å². The van der Waals surface area contributed by atoms with Crippen molar-refractivity contribution in [2.75, 3.05) is 19.7 Å². The van der Waals surface area contributed by atoms with Crippen molar-refractivity contribution in [1.82, 2.24) is 4.31 Å². The number of rotatable bonds is 4. The molecule has 1 heterocycles. The first-order chi connectivity index (χ1) is 9.86. The average molecular weight is 417 g/mol. The Morgan fingerprint density at radius 3 is 2.57 bits per heavy atom. The fraction of sp³-hybridized carbons (Fsp3) is 0.538. The lowest BCUT2D eigenvalue weighted by molar-refractivity contribution is 0.0265. The van der Waals surface area contributed by atoms with Crippen LogP contribution in [0.4, 0.5) is 0 Å². The summed E-state index contributed by atoms with van der Waals surface area (Å²) < 4.78 is 33.1. The standard InChI is InChI=1S/C13H16BrCl2NO3S/c1-2-20-10-4-3-5-17(8-10)21(18,19)13-11(15)6-9(14)7-12(13)16/h6-7,10H,2-5,8H2,1H3. The van der Waals surface area contributed by atoms with Gasteiger partial charge in [-0.25, -0.2) is 8.42 Å². The number of halogens is 3. The maximum atomic E-state index is 12.8. The van der Waals surface area contributed by atoms with Crippen LogP contribution in [0.15, 0.2) is 21.5 Å². The maximum Gasteiger partial charge on any atom is 0.246 e. The van der Waals surface area contributed by atoms with Crippen molar-refractivity contribution < 1.29 is 13.2 Å². The molecule has 0 radical (unpaired) electrons. The van der Waals surface area contributed by atoms with Crippen LogP contribution in [0.5, 0.6) is 0 Å². The molecule has 118 valence electrons. The van der Waals surface area contributed by atoms with Crippen LogP contribution in [0.1, 0.15) is 19.8 Å². The average Bonchev–Trinajstić information content (AvgIpc) is 2.37. The van der Waals surface area contributed by atoms with Gasteiger partial charge in [-0.1, -0.05) is 39.1 Å². The Labute approximate surface area is 143 Å². The van der Waals surface area contributed by atoms with E-state index in [1.807, 2.05) is 6.92 Å². The smallest absolute Gasteiger partial charge is 0.246 e. The van der Waals surface area contributed by atoms with Gasteiger partial charge in [0.2, 0.25) is 10.0 Å². The lowest BCUT2D eigenvalue weighted by Crippen LogP contribution is -2.43. The van der Waals surface area contributed by atoms with Gasteiger partial charge in [0.25, 0.3) is 0 Å². The highest BCUT2D eigenvalue weighted by Gasteiger charge is 2.33. The van der Waals surface area contributed by atoms with E-state index in [1.165, 1.54) is 16.4 Å². The van der Waals surface area contributed by atoms with Gasteiger partial charge in [-0.2, -0.15) is 4.31 Å². The van der Waals surface area contributed by atoms with E-state index in [4.69, 9.17) is 27.9 Å². The van der Waals surface area contributed by atoms with Crippen LogP contribution >= 0.6 is 39.1 Å². The number of hydrogen-bond acceptors (Lipinski definition) is 3. The SMILES string of the molecule is CCOC1CCCN(S(=O)(=O)c2c(Cl)cc(Br)cc2Cl)C1. The monoisotopic (exact) mass is 415 g/mol. The minimum Gasteiger partial charge on any atom is -0.377 e. The highest BCUT2D eigenvalue weighted by Crippen LogP contribution is 2.35. The highest BCUT2D eigenvalue weighted by molar-refractivity contribution is 9.10. The van der Waals surface area contributed by atoms with Gasteiger partial charge in [-0.3, -0.25) is 0 Å². The molecular weight excluding hydrogens is 401 g/mol. The summed E-state index contributed by atoms with van der Waals surface area (Å²) >= 11 is 15.4. The number of hydrogen-bond donors (Lipinski definition) is 0. The van der Waals surface area contributed by atoms with Crippen molar-refractivity contribution >= 4 is 49.2 Å². The van der Waals surface area contributed by atoms with Crippen molar-refractivity contribution in [3.05, 3.63) is 26.7 Å². The lowest BCUT2D eigenvalue weighted by Gasteiger charge is -2.32. The number of ether oxygens (including phenoxy) is 1. The van der Waals surface area contributed by atoms with Crippen molar-refractivity contribution in [2.45, 2.75) is 30.8 Å². The first kappa shape index (κ1) is 17.5. The van der Waals surface area contributed by atoms with Gasteiger partial charge in [0.05, 0.1) is 16.1 Å². The van der Waals surface area contributed by atoms with E-state index in [0.29, 0.717) is 24.2 Å². The van der Waals surface area contributed by atoms with Gasteiger partial charge in [0.15, 0.2) is 0 Å². The molecule has 1 atom stereocenters. The summed E-state index contributed by atoms with van der Waals surface area (Å²) in [5.41, 5.74) is 0. The molecule has 0 aliphatic carbocycles. The second-order valence-electron chi connectivity index (χ2n) is 4.78. The van der Waals surface area contributed by atoms with E-state index in [0.717, 1.165) is 12.8 Å². The molecule has 1 aromatic carbocycles. The largest absolute Gasteiger partial charge is 0.377 e. The van der Waals surface area contributed by atoms with Crippen LogP contribution in [0.2, 0.25) is 10.0 Å². The van der Waals surface area contributed by atoms with E-state index in [2.05, 4.69) is 15.9 Å². The molecule has 0 aromatic heterocycles. The zero-order valence-electron chi connectivity index (χ0n) is 11.5. The van der Waals surface area contributed by atoms with Crippen molar-refractivity contribution in [3.8, 4) is 0 Å². The quantitative estimate of drug-likeness (QED) is 0.746. The van der Waals surface area contributed by atoms with E-state index >= 15 is 0 Å². The number of nitrogens with zero attached hydrogens (tertiary/aromatic N) is 1. The van der Waals surface area contributed by atoms with E-state index in [1.54, 1.807) is 0 Å². The predicted molar refractivity (Wildman–Crippen MR) is 87.6 cm³/mol. The molecule has 1 saturated heterocycles. The molecule has 1 aromatic rings. The molecule has 21 heavy (non-hydrogen) atoms. The summed E-state index contributed by atoms with van der Waals surface area (Å²) in [6.45, 7) is 3.25. The molecule has 0 spiro atoms. The Bertz CT molecular complexity index is 599. The first-order valence-corrected chi connectivity index (χ1v) is 9.61. The second-order valence-corrected chi connectivity index (χ2v) is 8.39. The molecule has 0 saturated carbocycles. The summed E-state index contributed by atoms with van der Waals surface area (Å²) in [4.78, 5) is -0.0359. The molecule has 1 aliphatic heterocycles. The van der Waals surface area contributed by atoms with E-state index in [9.17, 15) is 8.42 Å². The molecule has 4 nitrogen and oxygen atoms in total. The molecule has 8 heteroatoms. The summed E-state index contributed by atoms with van der Waals surface area (Å²) in [5.74, 6) is 0. The Hall–Kier alpha value is 0.150. The van der Waals surface area contributed by atoms with Gasteiger partial charge >= 0.3 is 0 Å². The molecule has 1 unspecified atom stereocenters. The zero-order chi connectivity index (χ0) is 15.6. The fourth-order valence-electron chi connectivity index (χ4n) is 2.40. The van der Waals surface area contributed by atoms with Crippen molar-refractivity contribution in [1.29, 1.82) is 0 Å². The molecule has 0 bridgehead atoms. The second kappa shape index (κ2) is 7.15. The molecule has 1 fully saturated rings. The Morgan fingerprint density at radius 2 is 2.00 bits per heavy atom. The van der Waals surface area contributed by atoms with Crippen LogP contribution in [-0.2, 0) is 14.8 Å². The first-order valence-electron chi connectivity index (χ1n) is 6.62. The predicted octanol–water partition coefficient (Wildman–Crippen LogP) is 3.95. The number of benzene rings is 1. The van der Waals surface area contributed by atoms with Gasteiger partial charge in [-0.05, 0) is 31.9 Å². The normalized spacial score (nSPS) is 20.7. The maximum absolute atomic E-state index is 12.8. The number of piperidine rings is 1. The Balaban J connectivity index is 2.34. The van der Waals surface area contributed by atoms with E-state index < -0.39 is 10.0 Å². The zero-order valence-corrected chi connectivity index (χ0v) is 15.4. The summed E-state index contributed by atoms with van der Waals surface area (Å²) in [6.07, 6.45) is 1.55. The third-order valence-corrected chi connectivity index (χ3v) is 6.55. The van der Waals surface area contributed by atoms with E-state index in [-0.39, 0.29) is 21.0 Å². The Morgan fingerprint density at radius 1 is 1.38 bits per heavy atom. The van der Waals surface area contributed by atoms with Crippen LogP contribution in [0.3, 0.4) is 0 Å². The minimum atomic E-state index is -3.72. The van der Waals surface area contributed by atoms with Crippen molar-refractivity contribution in [3.63, 3.8) is 0 Å². The fourth-order valence-corrected chi connectivity index (χ4v) is 5.79. The van der Waals surface area contributed by atoms with Crippen LogP contribution in [-0.4, -0.2) is 38.5 Å². The molecule has 1 aliphatic rings. The van der Waals surface area contributed by atoms with Crippen molar-refractivity contribution in [2.24, 2.45) is 0 Å². The summed E-state index contributed by atoms with van der Waals surface area (Å²) in [5, 5.41) is 0.237.